The summed E-state index contributed by atoms with van der Waals surface area (Å²) in [6.45, 7) is 2.81. The Morgan fingerprint density at radius 3 is 2.68 bits per heavy atom. The van der Waals surface area contributed by atoms with Crippen LogP contribution < -0.4 is 5.73 Å². The summed E-state index contributed by atoms with van der Waals surface area (Å²) in [4.78, 5) is 6.95. The van der Waals surface area contributed by atoms with Gasteiger partial charge >= 0.3 is 0 Å². The molecule has 4 heteroatoms. The molecule has 1 atom stereocenters. The van der Waals surface area contributed by atoms with Crippen molar-refractivity contribution >= 4 is 11.3 Å². The summed E-state index contributed by atoms with van der Waals surface area (Å²) in [5.41, 5.74) is 9.32. The molecule has 0 saturated heterocycles. The van der Waals surface area contributed by atoms with E-state index in [4.69, 9.17) is 10.7 Å². The standard InChI is InChI=1S/C15H21N3S/c1-11-6-4-5-7-13(11)14(18(2)3)15-17-12(8-9-16)10-19-15/h4-7,10,14H,8-9,16H2,1-3H3. The lowest BCUT2D eigenvalue weighted by molar-refractivity contribution is 0.340. The Balaban J connectivity index is 2.37. The molecule has 0 aliphatic heterocycles. The highest BCUT2D eigenvalue weighted by Gasteiger charge is 2.21. The average molecular weight is 275 g/mol. The zero-order valence-corrected chi connectivity index (χ0v) is 12.6. The Morgan fingerprint density at radius 1 is 1.32 bits per heavy atom. The van der Waals surface area contributed by atoms with E-state index in [0.29, 0.717) is 6.54 Å². The van der Waals surface area contributed by atoms with Crippen molar-refractivity contribution in [3.8, 4) is 0 Å². The van der Waals surface area contributed by atoms with Gasteiger partial charge in [0.2, 0.25) is 0 Å². The molecular weight excluding hydrogens is 254 g/mol. The van der Waals surface area contributed by atoms with E-state index in [-0.39, 0.29) is 6.04 Å². The summed E-state index contributed by atoms with van der Waals surface area (Å²) >= 11 is 1.72. The van der Waals surface area contributed by atoms with Gasteiger partial charge < -0.3 is 5.73 Å². The van der Waals surface area contributed by atoms with Crippen LogP contribution in [0.4, 0.5) is 0 Å². The van der Waals surface area contributed by atoms with Crippen LogP contribution in [-0.4, -0.2) is 30.5 Å². The van der Waals surface area contributed by atoms with Crippen LogP contribution in [0.3, 0.4) is 0 Å². The molecule has 2 aromatic rings. The largest absolute Gasteiger partial charge is 0.330 e. The molecule has 2 N–H and O–H groups in total. The summed E-state index contributed by atoms with van der Waals surface area (Å²) in [5, 5.41) is 3.26. The molecule has 0 radical (unpaired) electrons. The minimum atomic E-state index is 0.220. The summed E-state index contributed by atoms with van der Waals surface area (Å²) in [7, 11) is 4.20. The summed E-state index contributed by atoms with van der Waals surface area (Å²) in [6.07, 6.45) is 0.852. The third-order valence-corrected chi connectivity index (χ3v) is 4.15. The molecule has 0 aliphatic rings. The maximum absolute atomic E-state index is 5.60. The normalized spacial score (nSPS) is 12.9. The van der Waals surface area contributed by atoms with Crippen LogP contribution in [0.5, 0.6) is 0 Å². The van der Waals surface area contributed by atoms with Crippen LogP contribution >= 0.6 is 11.3 Å². The number of hydrogen-bond acceptors (Lipinski definition) is 4. The first-order valence-electron chi connectivity index (χ1n) is 6.49. The van der Waals surface area contributed by atoms with Crippen molar-refractivity contribution in [1.82, 2.24) is 9.88 Å². The molecule has 0 spiro atoms. The van der Waals surface area contributed by atoms with Gasteiger partial charge in [0, 0.05) is 11.8 Å². The Bertz CT molecular complexity index is 534. The number of aryl methyl sites for hydroxylation is 1. The van der Waals surface area contributed by atoms with Crippen LogP contribution in [0.2, 0.25) is 0 Å². The van der Waals surface area contributed by atoms with Crippen molar-refractivity contribution in [2.45, 2.75) is 19.4 Å². The van der Waals surface area contributed by atoms with Gasteiger partial charge in [0.1, 0.15) is 5.01 Å². The van der Waals surface area contributed by atoms with Crippen molar-refractivity contribution < 1.29 is 0 Å². The van der Waals surface area contributed by atoms with E-state index < -0.39 is 0 Å². The van der Waals surface area contributed by atoms with E-state index in [1.54, 1.807) is 11.3 Å². The fourth-order valence-electron chi connectivity index (χ4n) is 2.24. The molecule has 0 saturated carbocycles. The smallest absolute Gasteiger partial charge is 0.115 e. The fourth-order valence-corrected chi connectivity index (χ4v) is 3.30. The van der Waals surface area contributed by atoms with Crippen molar-refractivity contribution in [1.29, 1.82) is 0 Å². The first kappa shape index (κ1) is 14.2. The molecular formula is C15H21N3S. The van der Waals surface area contributed by atoms with Crippen LogP contribution in [0.15, 0.2) is 29.6 Å². The number of thiazole rings is 1. The molecule has 1 unspecified atom stereocenters. The molecule has 19 heavy (non-hydrogen) atoms. The van der Waals surface area contributed by atoms with Gasteiger partial charge in [-0.3, -0.25) is 4.90 Å². The molecule has 0 aliphatic carbocycles. The number of hydrogen-bond donors (Lipinski definition) is 1. The number of benzene rings is 1. The minimum absolute atomic E-state index is 0.220. The van der Waals surface area contributed by atoms with E-state index >= 15 is 0 Å². The van der Waals surface area contributed by atoms with Gasteiger partial charge in [-0.15, -0.1) is 11.3 Å². The van der Waals surface area contributed by atoms with Gasteiger partial charge in [0.15, 0.2) is 0 Å². The van der Waals surface area contributed by atoms with E-state index in [2.05, 4.69) is 55.6 Å². The molecule has 1 heterocycles. The topological polar surface area (TPSA) is 42.1 Å². The summed E-state index contributed by atoms with van der Waals surface area (Å²) in [5.74, 6) is 0. The maximum atomic E-state index is 5.60. The molecule has 102 valence electrons. The van der Waals surface area contributed by atoms with Crippen LogP contribution in [0, 0.1) is 6.92 Å². The highest BCUT2D eigenvalue weighted by Crippen LogP contribution is 2.31. The van der Waals surface area contributed by atoms with Crippen molar-refractivity contribution in [2.75, 3.05) is 20.6 Å². The number of nitrogens with zero attached hydrogens (tertiary/aromatic N) is 2. The zero-order chi connectivity index (χ0) is 13.8. The first-order valence-corrected chi connectivity index (χ1v) is 7.37. The van der Waals surface area contributed by atoms with E-state index in [1.807, 2.05) is 0 Å². The third kappa shape index (κ3) is 3.21. The lowest BCUT2D eigenvalue weighted by atomic mass is 10.0. The van der Waals surface area contributed by atoms with Crippen LogP contribution in [0.1, 0.15) is 27.9 Å². The second kappa shape index (κ2) is 6.28. The Hall–Kier alpha value is -1.23. The Labute approximate surface area is 119 Å². The summed E-state index contributed by atoms with van der Waals surface area (Å²) in [6, 6.07) is 8.72. The lowest BCUT2D eigenvalue weighted by Crippen LogP contribution is -2.21. The summed E-state index contributed by atoms with van der Waals surface area (Å²) < 4.78 is 0. The van der Waals surface area contributed by atoms with Gasteiger partial charge in [-0.2, -0.15) is 0 Å². The lowest BCUT2D eigenvalue weighted by Gasteiger charge is -2.24. The molecule has 1 aromatic carbocycles. The molecule has 1 aromatic heterocycles. The van der Waals surface area contributed by atoms with E-state index in [1.165, 1.54) is 11.1 Å². The molecule has 0 bridgehead atoms. The zero-order valence-electron chi connectivity index (χ0n) is 11.8. The first-order chi connectivity index (χ1) is 9.13. The Kier molecular flexibility index (Phi) is 4.69. The third-order valence-electron chi connectivity index (χ3n) is 3.20. The monoisotopic (exact) mass is 275 g/mol. The van der Waals surface area contributed by atoms with Crippen LogP contribution in [-0.2, 0) is 6.42 Å². The van der Waals surface area contributed by atoms with Crippen LogP contribution in [0.25, 0.3) is 0 Å². The highest BCUT2D eigenvalue weighted by atomic mass is 32.1. The maximum Gasteiger partial charge on any atom is 0.115 e. The van der Waals surface area contributed by atoms with Gasteiger partial charge in [-0.25, -0.2) is 4.98 Å². The van der Waals surface area contributed by atoms with E-state index in [9.17, 15) is 0 Å². The van der Waals surface area contributed by atoms with Crippen molar-refractivity contribution in [2.24, 2.45) is 5.73 Å². The van der Waals surface area contributed by atoms with Gasteiger partial charge in [0.25, 0.3) is 0 Å². The molecule has 2 rings (SSSR count). The average Bonchev–Trinajstić information content (AvgIpc) is 2.80. The number of nitrogens with two attached hydrogens (primary N) is 1. The second-order valence-electron chi connectivity index (χ2n) is 4.94. The second-order valence-corrected chi connectivity index (χ2v) is 5.83. The van der Waals surface area contributed by atoms with Crippen molar-refractivity contribution in [3.63, 3.8) is 0 Å². The van der Waals surface area contributed by atoms with Gasteiger partial charge in [0.05, 0.1) is 11.7 Å². The molecule has 0 amide bonds. The fraction of sp³-hybridized carbons (Fsp3) is 0.400. The highest BCUT2D eigenvalue weighted by molar-refractivity contribution is 7.09. The van der Waals surface area contributed by atoms with E-state index in [0.717, 1.165) is 17.1 Å². The molecule has 0 fully saturated rings. The SMILES string of the molecule is Cc1ccccc1C(c1nc(CCN)cs1)N(C)C. The number of rotatable bonds is 5. The molecule has 3 nitrogen and oxygen atoms in total. The predicted molar refractivity (Wildman–Crippen MR) is 81.6 cm³/mol. The van der Waals surface area contributed by atoms with Crippen molar-refractivity contribution in [3.05, 3.63) is 51.5 Å². The number of aromatic nitrogens is 1. The quantitative estimate of drug-likeness (QED) is 0.912. The Morgan fingerprint density at radius 2 is 2.05 bits per heavy atom. The predicted octanol–water partition coefficient (Wildman–Crippen LogP) is 2.60. The van der Waals surface area contributed by atoms with Gasteiger partial charge in [-0.1, -0.05) is 24.3 Å². The van der Waals surface area contributed by atoms with Gasteiger partial charge in [-0.05, 0) is 38.7 Å². The minimum Gasteiger partial charge on any atom is -0.330 e.